The molecule has 1 aromatic carbocycles. The van der Waals surface area contributed by atoms with Crippen molar-refractivity contribution >= 4 is 0 Å². The zero-order chi connectivity index (χ0) is 13.9. The van der Waals surface area contributed by atoms with Crippen LogP contribution in [0, 0.1) is 0 Å². The number of ether oxygens (including phenoxy) is 2. The fourth-order valence-corrected chi connectivity index (χ4v) is 1.97. The van der Waals surface area contributed by atoms with Gasteiger partial charge in [0.1, 0.15) is 0 Å². The molecule has 0 heterocycles. The van der Waals surface area contributed by atoms with Crippen LogP contribution < -0.4 is 14.8 Å². The minimum Gasteiger partial charge on any atom is -0.490 e. The van der Waals surface area contributed by atoms with Crippen molar-refractivity contribution in [2.75, 3.05) is 20.3 Å². The summed E-state index contributed by atoms with van der Waals surface area (Å²) in [4.78, 5) is 0. The van der Waals surface area contributed by atoms with Gasteiger partial charge >= 0.3 is 0 Å². The monoisotopic (exact) mass is 265 g/mol. The van der Waals surface area contributed by atoms with Crippen LogP contribution in [-0.4, -0.2) is 26.3 Å². The topological polar surface area (TPSA) is 30.5 Å². The van der Waals surface area contributed by atoms with Gasteiger partial charge < -0.3 is 14.8 Å². The Bertz CT molecular complexity index is 337. The lowest BCUT2D eigenvalue weighted by Crippen LogP contribution is -2.24. The van der Waals surface area contributed by atoms with Crippen LogP contribution in [-0.2, 0) is 0 Å². The predicted octanol–water partition coefficient (Wildman–Crippen LogP) is 3.63. The first-order valence-electron chi connectivity index (χ1n) is 7.33. The van der Waals surface area contributed by atoms with Crippen molar-refractivity contribution in [3.05, 3.63) is 24.3 Å². The summed E-state index contributed by atoms with van der Waals surface area (Å²) in [6, 6.07) is 8.49. The molecule has 0 saturated heterocycles. The molecule has 0 fully saturated rings. The van der Waals surface area contributed by atoms with E-state index in [4.69, 9.17) is 9.47 Å². The summed E-state index contributed by atoms with van der Waals surface area (Å²) in [6.07, 6.45) is 4.37. The van der Waals surface area contributed by atoms with E-state index < -0.39 is 0 Å². The van der Waals surface area contributed by atoms with E-state index in [1.165, 1.54) is 0 Å². The second-order valence-electron chi connectivity index (χ2n) is 4.68. The molecular weight excluding hydrogens is 238 g/mol. The van der Waals surface area contributed by atoms with Crippen molar-refractivity contribution in [3.63, 3.8) is 0 Å². The van der Waals surface area contributed by atoms with Crippen LogP contribution in [0.1, 0.15) is 39.5 Å². The molecule has 0 bridgehead atoms. The number of hydrogen-bond acceptors (Lipinski definition) is 3. The first kappa shape index (κ1) is 15.8. The Hall–Kier alpha value is -1.22. The second-order valence-corrected chi connectivity index (χ2v) is 4.68. The van der Waals surface area contributed by atoms with Crippen LogP contribution in [0.2, 0.25) is 0 Å². The molecule has 0 spiro atoms. The first-order valence-corrected chi connectivity index (χ1v) is 7.33. The average Bonchev–Trinajstić information content (AvgIpc) is 2.46. The molecule has 0 aliphatic rings. The van der Waals surface area contributed by atoms with E-state index >= 15 is 0 Å². The van der Waals surface area contributed by atoms with Gasteiger partial charge in [-0.15, -0.1) is 0 Å². The highest BCUT2D eigenvalue weighted by atomic mass is 16.5. The molecule has 3 nitrogen and oxygen atoms in total. The molecule has 0 amide bonds. The summed E-state index contributed by atoms with van der Waals surface area (Å²) in [5.74, 6) is 1.71. The summed E-state index contributed by atoms with van der Waals surface area (Å²) < 4.78 is 11.5. The van der Waals surface area contributed by atoms with Crippen LogP contribution in [0.25, 0.3) is 0 Å². The van der Waals surface area contributed by atoms with Gasteiger partial charge in [0.05, 0.1) is 13.2 Å². The van der Waals surface area contributed by atoms with Gasteiger partial charge in [-0.2, -0.15) is 0 Å². The van der Waals surface area contributed by atoms with Gasteiger partial charge in [-0.25, -0.2) is 0 Å². The van der Waals surface area contributed by atoms with Gasteiger partial charge in [0, 0.05) is 6.04 Å². The van der Waals surface area contributed by atoms with Crippen molar-refractivity contribution in [2.45, 2.75) is 45.6 Å². The Balaban J connectivity index is 2.35. The van der Waals surface area contributed by atoms with Crippen molar-refractivity contribution in [2.24, 2.45) is 0 Å². The van der Waals surface area contributed by atoms with E-state index in [0.29, 0.717) is 6.04 Å². The van der Waals surface area contributed by atoms with E-state index in [9.17, 15) is 0 Å². The minimum absolute atomic E-state index is 0.593. The number of para-hydroxylation sites is 2. The molecule has 0 saturated carbocycles. The smallest absolute Gasteiger partial charge is 0.161 e. The highest BCUT2D eigenvalue weighted by Crippen LogP contribution is 2.26. The van der Waals surface area contributed by atoms with Crippen LogP contribution in [0.15, 0.2) is 24.3 Å². The minimum atomic E-state index is 0.593. The lowest BCUT2D eigenvalue weighted by Gasteiger charge is -2.15. The maximum atomic E-state index is 5.82. The Labute approximate surface area is 117 Å². The van der Waals surface area contributed by atoms with Crippen LogP contribution in [0.5, 0.6) is 11.5 Å². The molecule has 0 aliphatic carbocycles. The second kappa shape index (κ2) is 9.68. The molecule has 3 heteroatoms. The standard InChI is InChI=1S/C16H27NO2/c1-4-12-18-15-10-6-7-11-16(15)19-13-8-9-14(5-2)17-3/h6-7,10-11,14,17H,4-5,8-9,12-13H2,1-3H3. The number of nitrogens with one attached hydrogen (secondary N) is 1. The molecular formula is C16H27NO2. The van der Waals surface area contributed by atoms with Crippen LogP contribution in [0.4, 0.5) is 0 Å². The van der Waals surface area contributed by atoms with E-state index in [1.54, 1.807) is 0 Å². The summed E-state index contributed by atoms with van der Waals surface area (Å²) >= 11 is 0. The fourth-order valence-electron chi connectivity index (χ4n) is 1.97. The third-order valence-electron chi connectivity index (χ3n) is 3.17. The van der Waals surface area contributed by atoms with Crippen molar-refractivity contribution < 1.29 is 9.47 Å². The highest BCUT2D eigenvalue weighted by Gasteiger charge is 2.05. The maximum Gasteiger partial charge on any atom is 0.161 e. The molecule has 0 aliphatic heterocycles. The molecule has 0 aromatic heterocycles. The lowest BCUT2D eigenvalue weighted by molar-refractivity contribution is 0.260. The maximum absolute atomic E-state index is 5.82. The van der Waals surface area contributed by atoms with E-state index in [2.05, 4.69) is 19.2 Å². The number of benzene rings is 1. The Morgan fingerprint density at radius 3 is 2.21 bits per heavy atom. The molecule has 1 rings (SSSR count). The third kappa shape index (κ3) is 5.97. The largest absolute Gasteiger partial charge is 0.490 e. The highest BCUT2D eigenvalue weighted by molar-refractivity contribution is 5.39. The normalized spacial score (nSPS) is 12.2. The van der Waals surface area contributed by atoms with E-state index in [-0.39, 0.29) is 0 Å². The summed E-state index contributed by atoms with van der Waals surface area (Å²) in [6.45, 7) is 5.78. The molecule has 19 heavy (non-hydrogen) atoms. The quantitative estimate of drug-likeness (QED) is 0.655. The third-order valence-corrected chi connectivity index (χ3v) is 3.17. The van der Waals surface area contributed by atoms with Crippen LogP contribution >= 0.6 is 0 Å². The van der Waals surface area contributed by atoms with Crippen molar-refractivity contribution in [1.29, 1.82) is 0 Å². The SMILES string of the molecule is CCCOc1ccccc1OCCCC(CC)NC. The Kier molecular flexibility index (Phi) is 8.07. The summed E-state index contributed by atoms with van der Waals surface area (Å²) in [5, 5.41) is 3.31. The molecule has 108 valence electrons. The van der Waals surface area contributed by atoms with E-state index in [0.717, 1.165) is 50.4 Å². The van der Waals surface area contributed by atoms with Gasteiger partial charge in [-0.3, -0.25) is 0 Å². The predicted molar refractivity (Wildman–Crippen MR) is 80.1 cm³/mol. The van der Waals surface area contributed by atoms with Crippen molar-refractivity contribution in [3.8, 4) is 11.5 Å². The molecule has 1 unspecified atom stereocenters. The molecule has 1 atom stereocenters. The zero-order valence-corrected chi connectivity index (χ0v) is 12.4. The average molecular weight is 265 g/mol. The van der Waals surface area contributed by atoms with E-state index in [1.807, 2.05) is 31.3 Å². The molecule has 0 radical (unpaired) electrons. The number of hydrogen-bond donors (Lipinski definition) is 1. The fraction of sp³-hybridized carbons (Fsp3) is 0.625. The van der Waals surface area contributed by atoms with Crippen molar-refractivity contribution in [1.82, 2.24) is 5.32 Å². The Morgan fingerprint density at radius 2 is 1.68 bits per heavy atom. The lowest BCUT2D eigenvalue weighted by atomic mass is 10.1. The first-order chi connectivity index (χ1) is 9.31. The van der Waals surface area contributed by atoms with Gasteiger partial charge in [-0.05, 0) is 44.9 Å². The molecule has 1 N–H and O–H groups in total. The van der Waals surface area contributed by atoms with Gasteiger partial charge in [0.25, 0.3) is 0 Å². The Morgan fingerprint density at radius 1 is 1.05 bits per heavy atom. The van der Waals surface area contributed by atoms with Gasteiger partial charge in [-0.1, -0.05) is 26.0 Å². The number of rotatable bonds is 10. The van der Waals surface area contributed by atoms with Crippen LogP contribution in [0.3, 0.4) is 0 Å². The summed E-state index contributed by atoms with van der Waals surface area (Å²) in [5.41, 5.74) is 0. The summed E-state index contributed by atoms with van der Waals surface area (Å²) in [7, 11) is 2.02. The zero-order valence-electron chi connectivity index (χ0n) is 12.4. The molecule has 1 aromatic rings. The van der Waals surface area contributed by atoms with Gasteiger partial charge in [0.15, 0.2) is 11.5 Å². The van der Waals surface area contributed by atoms with Gasteiger partial charge in [0.2, 0.25) is 0 Å².